The maximum absolute atomic E-state index is 12.6. The average Bonchev–Trinajstić information content (AvgIpc) is 3.29. The quantitative estimate of drug-likeness (QED) is 0.621. The van der Waals surface area contributed by atoms with Gasteiger partial charge in [0.05, 0.1) is 14.2 Å². The Hall–Kier alpha value is -3.88. The largest absolute Gasteiger partial charge is 0.496 e. The summed E-state index contributed by atoms with van der Waals surface area (Å²) in [6, 6.07) is 9.64. The molecular weight excluding hydrogens is 386 g/mol. The van der Waals surface area contributed by atoms with Crippen molar-refractivity contribution in [2.45, 2.75) is 19.9 Å². The van der Waals surface area contributed by atoms with Crippen molar-refractivity contribution >= 4 is 23.2 Å². The standard InChI is InChI=1S/C21H23N5O4/c1-13-18(29-3)9-15(10-19(13)30-4)21(28)25-17-7-5-16(6-8-17)24-20(27)14(2)26-12-22-11-23-26/h5-12,14H,1-4H3,(H,24,27)(H,25,28). The number of methoxy groups -OCH3 is 2. The number of nitrogens with one attached hydrogen (secondary N) is 2. The van der Waals surface area contributed by atoms with E-state index in [1.165, 1.54) is 17.3 Å². The van der Waals surface area contributed by atoms with Crippen molar-refractivity contribution in [2.24, 2.45) is 0 Å². The molecule has 2 amide bonds. The topological polar surface area (TPSA) is 107 Å². The van der Waals surface area contributed by atoms with E-state index < -0.39 is 6.04 Å². The number of anilines is 2. The monoisotopic (exact) mass is 409 g/mol. The zero-order chi connectivity index (χ0) is 21.7. The van der Waals surface area contributed by atoms with Crippen molar-refractivity contribution < 1.29 is 19.1 Å². The Kier molecular flexibility index (Phi) is 6.31. The van der Waals surface area contributed by atoms with Gasteiger partial charge in [-0.05, 0) is 50.2 Å². The second-order valence-electron chi connectivity index (χ2n) is 6.58. The zero-order valence-corrected chi connectivity index (χ0v) is 17.2. The molecule has 1 heterocycles. The molecule has 0 saturated heterocycles. The van der Waals surface area contributed by atoms with Crippen LogP contribution in [0.3, 0.4) is 0 Å². The summed E-state index contributed by atoms with van der Waals surface area (Å²) in [6.07, 6.45) is 2.86. The Labute approximate surface area is 174 Å². The lowest BCUT2D eigenvalue weighted by molar-refractivity contribution is -0.119. The number of carbonyl (C=O) groups is 2. The van der Waals surface area contributed by atoms with Crippen LogP contribution in [0.5, 0.6) is 11.5 Å². The van der Waals surface area contributed by atoms with Gasteiger partial charge in [-0.25, -0.2) is 9.67 Å². The number of ether oxygens (including phenoxy) is 2. The minimum Gasteiger partial charge on any atom is -0.496 e. The van der Waals surface area contributed by atoms with E-state index in [9.17, 15) is 9.59 Å². The highest BCUT2D eigenvalue weighted by atomic mass is 16.5. The fraction of sp³-hybridized carbons (Fsp3) is 0.238. The first-order chi connectivity index (χ1) is 14.4. The molecule has 30 heavy (non-hydrogen) atoms. The van der Waals surface area contributed by atoms with Crippen molar-refractivity contribution in [3.05, 3.63) is 60.2 Å². The molecule has 3 aromatic rings. The summed E-state index contributed by atoms with van der Waals surface area (Å²) in [7, 11) is 3.08. The highest BCUT2D eigenvalue weighted by Crippen LogP contribution is 2.30. The van der Waals surface area contributed by atoms with E-state index in [1.807, 2.05) is 6.92 Å². The molecule has 0 saturated carbocycles. The van der Waals surface area contributed by atoms with Crippen molar-refractivity contribution in [2.75, 3.05) is 24.9 Å². The van der Waals surface area contributed by atoms with Gasteiger partial charge in [0.25, 0.3) is 5.91 Å². The van der Waals surface area contributed by atoms with Crippen LogP contribution < -0.4 is 20.1 Å². The molecule has 3 rings (SSSR count). The number of hydrogen-bond donors (Lipinski definition) is 2. The van der Waals surface area contributed by atoms with Crippen molar-refractivity contribution in [3.8, 4) is 11.5 Å². The van der Waals surface area contributed by atoms with Crippen molar-refractivity contribution in [1.29, 1.82) is 0 Å². The predicted octanol–water partition coefficient (Wildman–Crippen LogP) is 3.06. The highest BCUT2D eigenvalue weighted by molar-refractivity contribution is 6.05. The van der Waals surface area contributed by atoms with Gasteiger partial charge in [-0.1, -0.05) is 0 Å². The first-order valence-corrected chi connectivity index (χ1v) is 9.22. The summed E-state index contributed by atoms with van der Waals surface area (Å²) < 4.78 is 12.1. The summed E-state index contributed by atoms with van der Waals surface area (Å²) in [6.45, 7) is 3.58. The predicted molar refractivity (Wildman–Crippen MR) is 112 cm³/mol. The molecule has 1 atom stereocenters. The summed E-state index contributed by atoms with van der Waals surface area (Å²) in [5.41, 5.74) is 2.41. The normalized spacial score (nSPS) is 11.5. The fourth-order valence-corrected chi connectivity index (χ4v) is 2.84. The van der Waals surface area contributed by atoms with Crippen molar-refractivity contribution in [3.63, 3.8) is 0 Å². The van der Waals surface area contributed by atoms with Gasteiger partial charge in [0.2, 0.25) is 5.91 Å². The fourth-order valence-electron chi connectivity index (χ4n) is 2.84. The van der Waals surface area contributed by atoms with Crippen molar-refractivity contribution in [1.82, 2.24) is 14.8 Å². The first-order valence-electron chi connectivity index (χ1n) is 9.22. The third-order valence-electron chi connectivity index (χ3n) is 4.64. The Morgan fingerprint density at radius 2 is 1.57 bits per heavy atom. The highest BCUT2D eigenvalue weighted by Gasteiger charge is 2.16. The molecule has 0 aliphatic rings. The minimum atomic E-state index is -0.502. The van der Waals surface area contributed by atoms with Crippen LogP contribution in [-0.2, 0) is 4.79 Å². The number of amides is 2. The molecular formula is C21H23N5O4. The number of rotatable bonds is 7. The molecule has 1 unspecified atom stereocenters. The number of carbonyl (C=O) groups excluding carboxylic acids is 2. The summed E-state index contributed by atoms with van der Waals surface area (Å²) in [5, 5.41) is 9.59. The van der Waals surface area contributed by atoms with Crippen LogP contribution in [0, 0.1) is 6.92 Å². The van der Waals surface area contributed by atoms with E-state index in [2.05, 4.69) is 20.7 Å². The van der Waals surface area contributed by atoms with Gasteiger partial charge in [0.1, 0.15) is 30.2 Å². The Balaban J connectivity index is 1.67. The smallest absolute Gasteiger partial charge is 0.255 e. The van der Waals surface area contributed by atoms with E-state index >= 15 is 0 Å². The van der Waals surface area contributed by atoms with E-state index in [4.69, 9.17) is 9.47 Å². The van der Waals surface area contributed by atoms with Gasteiger partial charge in [0.15, 0.2) is 0 Å². The van der Waals surface area contributed by atoms with E-state index in [0.717, 1.165) is 5.56 Å². The third kappa shape index (κ3) is 4.57. The Bertz CT molecular complexity index is 1010. The Morgan fingerprint density at radius 3 is 2.07 bits per heavy atom. The molecule has 9 nitrogen and oxygen atoms in total. The maximum atomic E-state index is 12.6. The van der Waals surface area contributed by atoms with Crippen LogP contribution in [0.4, 0.5) is 11.4 Å². The van der Waals surface area contributed by atoms with Gasteiger partial charge in [-0.3, -0.25) is 9.59 Å². The van der Waals surface area contributed by atoms with Crippen LogP contribution in [0.25, 0.3) is 0 Å². The number of benzene rings is 2. The second kappa shape index (κ2) is 9.08. The molecule has 2 aromatic carbocycles. The molecule has 156 valence electrons. The van der Waals surface area contributed by atoms with E-state index in [1.54, 1.807) is 57.5 Å². The third-order valence-corrected chi connectivity index (χ3v) is 4.64. The van der Waals surface area contributed by atoms with Gasteiger partial charge in [-0.2, -0.15) is 5.10 Å². The lowest BCUT2D eigenvalue weighted by Crippen LogP contribution is -2.24. The van der Waals surface area contributed by atoms with Crippen LogP contribution in [-0.4, -0.2) is 40.8 Å². The summed E-state index contributed by atoms with van der Waals surface area (Å²) in [5.74, 6) is 0.609. The molecule has 1 aromatic heterocycles. The van der Waals surface area contributed by atoms with Crippen LogP contribution in [0.15, 0.2) is 49.1 Å². The molecule has 0 spiro atoms. The molecule has 0 bridgehead atoms. The zero-order valence-electron chi connectivity index (χ0n) is 17.2. The lowest BCUT2D eigenvalue weighted by atomic mass is 10.1. The van der Waals surface area contributed by atoms with Gasteiger partial charge < -0.3 is 20.1 Å². The second-order valence-corrected chi connectivity index (χ2v) is 6.58. The van der Waals surface area contributed by atoms with Gasteiger partial charge in [0, 0.05) is 22.5 Å². The number of nitrogens with zero attached hydrogens (tertiary/aromatic N) is 3. The maximum Gasteiger partial charge on any atom is 0.255 e. The lowest BCUT2D eigenvalue weighted by Gasteiger charge is -2.14. The van der Waals surface area contributed by atoms with Crippen LogP contribution in [0.2, 0.25) is 0 Å². The van der Waals surface area contributed by atoms with Crippen LogP contribution in [0.1, 0.15) is 28.9 Å². The molecule has 9 heteroatoms. The van der Waals surface area contributed by atoms with Gasteiger partial charge >= 0.3 is 0 Å². The number of hydrogen-bond acceptors (Lipinski definition) is 6. The Morgan fingerprint density at radius 1 is 1.00 bits per heavy atom. The SMILES string of the molecule is COc1cc(C(=O)Nc2ccc(NC(=O)C(C)n3cncn3)cc2)cc(OC)c1C. The summed E-state index contributed by atoms with van der Waals surface area (Å²) >= 11 is 0. The number of aromatic nitrogens is 3. The average molecular weight is 409 g/mol. The molecule has 0 fully saturated rings. The van der Waals surface area contributed by atoms with Gasteiger partial charge in [-0.15, -0.1) is 0 Å². The summed E-state index contributed by atoms with van der Waals surface area (Å²) in [4.78, 5) is 28.8. The van der Waals surface area contributed by atoms with E-state index in [0.29, 0.717) is 28.4 Å². The molecule has 0 radical (unpaired) electrons. The molecule has 2 N–H and O–H groups in total. The molecule has 0 aliphatic carbocycles. The minimum absolute atomic E-state index is 0.226. The first kappa shape index (κ1) is 20.8. The van der Waals surface area contributed by atoms with Crippen LogP contribution >= 0.6 is 0 Å². The van der Waals surface area contributed by atoms with E-state index in [-0.39, 0.29) is 11.8 Å². The molecule has 0 aliphatic heterocycles.